The zero-order valence-electron chi connectivity index (χ0n) is 10.5. The van der Waals surface area contributed by atoms with Crippen molar-refractivity contribution >= 4 is 5.91 Å². The summed E-state index contributed by atoms with van der Waals surface area (Å²) in [6.45, 7) is 4.19. The predicted molar refractivity (Wildman–Crippen MR) is 65.4 cm³/mol. The first-order valence-corrected chi connectivity index (χ1v) is 6.00. The van der Waals surface area contributed by atoms with E-state index < -0.39 is 0 Å². The maximum Gasteiger partial charge on any atom is 0.273 e. The number of hydrogen-bond acceptors (Lipinski definition) is 3. The van der Waals surface area contributed by atoms with Crippen LogP contribution in [0, 0.1) is 0 Å². The second-order valence-electron chi connectivity index (χ2n) is 4.67. The molecule has 2 rings (SSSR count). The Bertz CT molecular complexity index is 425. The van der Waals surface area contributed by atoms with Gasteiger partial charge in [-0.3, -0.25) is 4.79 Å². The summed E-state index contributed by atoms with van der Waals surface area (Å²) < 4.78 is 5.75. The first-order valence-electron chi connectivity index (χ1n) is 6.00. The molecule has 0 aromatic carbocycles. The minimum atomic E-state index is -0.198. The van der Waals surface area contributed by atoms with E-state index in [0.29, 0.717) is 17.4 Å². The summed E-state index contributed by atoms with van der Waals surface area (Å²) in [5.41, 5.74) is 1.47. The van der Waals surface area contributed by atoms with Crippen molar-refractivity contribution in [3.63, 3.8) is 0 Å². The van der Waals surface area contributed by atoms with Crippen molar-refractivity contribution < 1.29 is 9.53 Å². The molecule has 0 radical (unpaired) electrons. The van der Waals surface area contributed by atoms with Crippen molar-refractivity contribution in [1.29, 1.82) is 0 Å². The molecule has 0 aliphatic heterocycles. The first-order chi connectivity index (χ1) is 8.11. The fourth-order valence-corrected chi connectivity index (χ4v) is 1.52. The molecule has 0 spiro atoms. The van der Waals surface area contributed by atoms with Crippen LogP contribution in [0.25, 0.3) is 0 Å². The van der Waals surface area contributed by atoms with Crippen LogP contribution in [0.4, 0.5) is 0 Å². The number of nitrogens with one attached hydrogen (secondary N) is 1. The number of nitrogens with zero attached hydrogens (tertiary/aromatic N) is 1. The lowest BCUT2D eigenvalue weighted by Gasteiger charge is -2.12. The molecule has 92 valence electrons. The predicted octanol–water partition coefficient (Wildman–Crippen LogP) is 2.11. The monoisotopic (exact) mass is 234 g/mol. The summed E-state index contributed by atoms with van der Waals surface area (Å²) in [6.07, 6.45) is 4.15. The average Bonchev–Trinajstić information content (AvgIpc) is 3.11. The van der Waals surface area contributed by atoms with Gasteiger partial charge in [0.15, 0.2) is 11.4 Å². The number of aromatic nitrogens is 1. The van der Waals surface area contributed by atoms with Gasteiger partial charge in [-0.05, 0) is 30.4 Å². The number of rotatable bonds is 4. The minimum Gasteiger partial charge on any atom is -0.488 e. The zero-order valence-corrected chi connectivity index (χ0v) is 10.5. The first kappa shape index (κ1) is 11.9. The topological polar surface area (TPSA) is 51.2 Å². The molecule has 1 aromatic heterocycles. The highest BCUT2D eigenvalue weighted by molar-refractivity contribution is 5.94. The van der Waals surface area contributed by atoms with Crippen molar-refractivity contribution in [1.82, 2.24) is 10.3 Å². The van der Waals surface area contributed by atoms with Crippen LogP contribution in [0.3, 0.4) is 0 Å². The van der Waals surface area contributed by atoms with Gasteiger partial charge in [0.05, 0.1) is 6.10 Å². The Morgan fingerprint density at radius 1 is 1.53 bits per heavy atom. The van der Waals surface area contributed by atoms with Crippen LogP contribution in [0.15, 0.2) is 12.3 Å². The standard InChI is InChI=1S/C13H18N2O2/c1-8(2)9-6-11(17-10-4-5-10)12(15-7-9)13(16)14-3/h6-8,10H,4-5H2,1-3H3,(H,14,16). The maximum atomic E-state index is 11.7. The summed E-state index contributed by atoms with van der Waals surface area (Å²) in [7, 11) is 1.60. The SMILES string of the molecule is CNC(=O)c1ncc(C(C)C)cc1OC1CC1. The normalized spacial score (nSPS) is 14.8. The lowest BCUT2D eigenvalue weighted by atomic mass is 10.1. The van der Waals surface area contributed by atoms with E-state index in [1.165, 1.54) is 0 Å². The fraction of sp³-hybridized carbons (Fsp3) is 0.538. The van der Waals surface area contributed by atoms with Crippen LogP contribution in [-0.4, -0.2) is 24.0 Å². The maximum absolute atomic E-state index is 11.7. The van der Waals surface area contributed by atoms with E-state index in [4.69, 9.17) is 4.74 Å². The number of amides is 1. The van der Waals surface area contributed by atoms with Crippen LogP contribution in [-0.2, 0) is 0 Å². The molecule has 1 amide bonds. The summed E-state index contributed by atoms with van der Waals surface area (Å²) in [6, 6.07) is 1.93. The van der Waals surface area contributed by atoms with Crippen LogP contribution >= 0.6 is 0 Å². The Kier molecular flexibility index (Phi) is 3.31. The van der Waals surface area contributed by atoms with Gasteiger partial charge in [0.25, 0.3) is 5.91 Å². The van der Waals surface area contributed by atoms with Crippen LogP contribution in [0.1, 0.15) is 48.7 Å². The van der Waals surface area contributed by atoms with E-state index in [1.807, 2.05) is 6.07 Å². The second kappa shape index (κ2) is 4.73. The molecular formula is C13H18N2O2. The number of carbonyl (C=O) groups is 1. The lowest BCUT2D eigenvalue weighted by molar-refractivity contribution is 0.0953. The van der Waals surface area contributed by atoms with Crippen LogP contribution in [0.2, 0.25) is 0 Å². The lowest BCUT2D eigenvalue weighted by Crippen LogP contribution is -2.21. The molecule has 0 atom stereocenters. The van der Waals surface area contributed by atoms with Crippen molar-refractivity contribution in [3.8, 4) is 5.75 Å². The largest absolute Gasteiger partial charge is 0.488 e. The Balaban J connectivity index is 2.32. The van der Waals surface area contributed by atoms with E-state index >= 15 is 0 Å². The highest BCUT2D eigenvalue weighted by Gasteiger charge is 2.26. The van der Waals surface area contributed by atoms with E-state index in [0.717, 1.165) is 18.4 Å². The van der Waals surface area contributed by atoms with E-state index in [-0.39, 0.29) is 12.0 Å². The summed E-state index contributed by atoms with van der Waals surface area (Å²) in [4.78, 5) is 15.9. The van der Waals surface area contributed by atoms with Gasteiger partial charge >= 0.3 is 0 Å². The third kappa shape index (κ3) is 2.75. The molecule has 1 aromatic rings. The van der Waals surface area contributed by atoms with Crippen molar-refractivity contribution in [2.75, 3.05) is 7.05 Å². The molecule has 1 saturated carbocycles. The molecular weight excluding hydrogens is 216 g/mol. The van der Waals surface area contributed by atoms with Crippen molar-refractivity contribution in [2.24, 2.45) is 0 Å². The molecule has 17 heavy (non-hydrogen) atoms. The Morgan fingerprint density at radius 2 is 2.24 bits per heavy atom. The smallest absolute Gasteiger partial charge is 0.273 e. The van der Waals surface area contributed by atoms with Crippen LogP contribution < -0.4 is 10.1 Å². The molecule has 1 N–H and O–H groups in total. The third-order valence-corrected chi connectivity index (χ3v) is 2.80. The second-order valence-corrected chi connectivity index (χ2v) is 4.67. The highest BCUT2D eigenvalue weighted by atomic mass is 16.5. The third-order valence-electron chi connectivity index (χ3n) is 2.80. The van der Waals surface area contributed by atoms with E-state index in [2.05, 4.69) is 24.1 Å². The van der Waals surface area contributed by atoms with Gasteiger partial charge in [-0.1, -0.05) is 13.8 Å². The molecule has 4 heteroatoms. The molecule has 0 saturated heterocycles. The fourth-order valence-electron chi connectivity index (χ4n) is 1.52. The number of hydrogen-bond donors (Lipinski definition) is 1. The molecule has 1 heterocycles. The summed E-state index contributed by atoms with van der Waals surface area (Å²) in [5.74, 6) is 0.789. The minimum absolute atomic E-state index is 0.198. The average molecular weight is 234 g/mol. The molecule has 1 fully saturated rings. The van der Waals surface area contributed by atoms with E-state index in [9.17, 15) is 4.79 Å². The quantitative estimate of drug-likeness (QED) is 0.868. The number of pyridine rings is 1. The van der Waals surface area contributed by atoms with Gasteiger partial charge in [0.2, 0.25) is 0 Å². The van der Waals surface area contributed by atoms with Gasteiger partial charge < -0.3 is 10.1 Å². The number of ether oxygens (including phenoxy) is 1. The Labute approximate surface area is 101 Å². The van der Waals surface area contributed by atoms with Gasteiger partial charge in [-0.2, -0.15) is 0 Å². The molecule has 0 bridgehead atoms. The van der Waals surface area contributed by atoms with Gasteiger partial charge in [0.1, 0.15) is 0 Å². The molecule has 1 aliphatic carbocycles. The summed E-state index contributed by atoms with van der Waals surface area (Å²) in [5, 5.41) is 2.58. The van der Waals surface area contributed by atoms with Gasteiger partial charge in [-0.25, -0.2) is 4.98 Å². The van der Waals surface area contributed by atoms with Crippen molar-refractivity contribution in [2.45, 2.75) is 38.7 Å². The van der Waals surface area contributed by atoms with Crippen LogP contribution in [0.5, 0.6) is 5.75 Å². The molecule has 0 unspecified atom stereocenters. The van der Waals surface area contributed by atoms with E-state index in [1.54, 1.807) is 13.2 Å². The zero-order chi connectivity index (χ0) is 12.4. The Morgan fingerprint density at radius 3 is 2.76 bits per heavy atom. The van der Waals surface area contributed by atoms with Gasteiger partial charge in [-0.15, -0.1) is 0 Å². The molecule has 1 aliphatic rings. The van der Waals surface area contributed by atoms with Gasteiger partial charge in [0, 0.05) is 13.2 Å². The van der Waals surface area contributed by atoms with Crippen molar-refractivity contribution in [3.05, 3.63) is 23.5 Å². The summed E-state index contributed by atoms with van der Waals surface area (Å²) >= 11 is 0. The molecule has 4 nitrogen and oxygen atoms in total. The Hall–Kier alpha value is -1.58. The highest BCUT2D eigenvalue weighted by Crippen LogP contribution is 2.30. The number of carbonyl (C=O) groups excluding carboxylic acids is 1.